The summed E-state index contributed by atoms with van der Waals surface area (Å²) in [6, 6.07) is 10.3. The van der Waals surface area contributed by atoms with Crippen molar-refractivity contribution in [1.82, 2.24) is 14.9 Å². The van der Waals surface area contributed by atoms with E-state index in [0.717, 1.165) is 23.7 Å². The second kappa shape index (κ2) is 8.97. The SMILES string of the molecule is Cl.Nc1ncnc2c1N=NC2CN1C[C@H](CSCc2ccccc2)[C@@H](O)C1. The van der Waals surface area contributed by atoms with E-state index in [9.17, 15) is 5.11 Å². The van der Waals surface area contributed by atoms with Crippen molar-refractivity contribution in [3.05, 3.63) is 47.9 Å². The van der Waals surface area contributed by atoms with Gasteiger partial charge in [0.1, 0.15) is 18.1 Å². The predicted molar refractivity (Wildman–Crippen MR) is 109 cm³/mol. The first-order valence-electron chi connectivity index (χ1n) is 8.74. The van der Waals surface area contributed by atoms with Crippen LogP contribution in [0.25, 0.3) is 0 Å². The first-order chi connectivity index (χ1) is 12.7. The van der Waals surface area contributed by atoms with E-state index < -0.39 is 0 Å². The van der Waals surface area contributed by atoms with Crippen LogP contribution >= 0.6 is 24.2 Å². The van der Waals surface area contributed by atoms with Gasteiger partial charge in [-0.05, 0) is 5.56 Å². The third kappa shape index (κ3) is 4.57. The molecule has 1 fully saturated rings. The molecule has 27 heavy (non-hydrogen) atoms. The molecule has 1 aromatic carbocycles. The number of fused-ring (bicyclic) bond motifs is 1. The summed E-state index contributed by atoms with van der Waals surface area (Å²) in [5.74, 6) is 2.57. The van der Waals surface area contributed by atoms with Gasteiger partial charge in [0.05, 0.1) is 6.10 Å². The lowest BCUT2D eigenvalue weighted by Gasteiger charge is -2.18. The van der Waals surface area contributed by atoms with Gasteiger partial charge in [-0.25, -0.2) is 9.97 Å². The number of hydrogen-bond acceptors (Lipinski definition) is 8. The van der Waals surface area contributed by atoms with Crippen molar-refractivity contribution in [1.29, 1.82) is 0 Å². The summed E-state index contributed by atoms with van der Waals surface area (Å²) in [6.07, 6.45) is 1.16. The van der Waals surface area contributed by atoms with Gasteiger partial charge >= 0.3 is 0 Å². The number of nitrogen functional groups attached to an aromatic ring is 1. The molecule has 2 aliphatic heterocycles. The number of aliphatic hydroxyl groups is 1. The lowest BCUT2D eigenvalue weighted by Crippen LogP contribution is -2.26. The molecule has 1 saturated heterocycles. The van der Waals surface area contributed by atoms with Crippen LogP contribution in [0.15, 0.2) is 46.9 Å². The number of aliphatic hydroxyl groups excluding tert-OH is 1. The second-order valence-electron chi connectivity index (χ2n) is 6.77. The van der Waals surface area contributed by atoms with E-state index in [1.165, 1.54) is 11.9 Å². The molecular weight excluding hydrogens is 384 g/mol. The smallest absolute Gasteiger partial charge is 0.155 e. The fraction of sp³-hybridized carbons (Fsp3) is 0.444. The Morgan fingerprint density at radius 2 is 2.00 bits per heavy atom. The Labute approximate surface area is 168 Å². The van der Waals surface area contributed by atoms with Gasteiger partial charge in [0.15, 0.2) is 11.5 Å². The Kier molecular flexibility index (Phi) is 6.64. The quantitative estimate of drug-likeness (QED) is 0.765. The monoisotopic (exact) mass is 406 g/mol. The molecule has 4 rings (SSSR count). The first kappa shape index (κ1) is 20.0. The summed E-state index contributed by atoms with van der Waals surface area (Å²) < 4.78 is 0. The molecule has 144 valence electrons. The maximum atomic E-state index is 10.4. The van der Waals surface area contributed by atoms with Crippen molar-refractivity contribution < 1.29 is 5.11 Å². The average molecular weight is 407 g/mol. The number of halogens is 1. The van der Waals surface area contributed by atoms with Crippen LogP contribution in [-0.4, -0.2) is 51.5 Å². The number of hydrogen-bond donors (Lipinski definition) is 2. The Morgan fingerprint density at radius 3 is 2.81 bits per heavy atom. The molecule has 0 spiro atoms. The van der Waals surface area contributed by atoms with Crippen LogP contribution in [0, 0.1) is 5.92 Å². The van der Waals surface area contributed by atoms with Gasteiger partial charge in [-0.1, -0.05) is 30.3 Å². The predicted octanol–water partition coefficient (Wildman–Crippen LogP) is 2.85. The van der Waals surface area contributed by atoms with Crippen molar-refractivity contribution in [3.8, 4) is 0 Å². The van der Waals surface area contributed by atoms with E-state index in [4.69, 9.17) is 5.73 Å². The molecule has 0 amide bonds. The summed E-state index contributed by atoms with van der Waals surface area (Å²) in [5, 5.41) is 18.8. The lowest BCUT2D eigenvalue weighted by atomic mass is 10.1. The van der Waals surface area contributed by atoms with Gasteiger partial charge in [0, 0.05) is 37.1 Å². The van der Waals surface area contributed by atoms with E-state index in [0.29, 0.717) is 24.6 Å². The van der Waals surface area contributed by atoms with Gasteiger partial charge in [0.25, 0.3) is 0 Å². The first-order valence-corrected chi connectivity index (χ1v) is 9.89. The molecule has 0 bridgehead atoms. The fourth-order valence-electron chi connectivity index (χ4n) is 3.46. The van der Waals surface area contributed by atoms with Crippen LogP contribution in [0.1, 0.15) is 17.3 Å². The number of benzene rings is 1. The number of likely N-dealkylation sites (tertiary alicyclic amines) is 1. The fourth-order valence-corrected chi connectivity index (χ4v) is 4.64. The molecule has 9 heteroatoms. The van der Waals surface area contributed by atoms with Crippen molar-refractivity contribution in [2.75, 3.05) is 31.1 Å². The highest BCUT2D eigenvalue weighted by molar-refractivity contribution is 7.98. The van der Waals surface area contributed by atoms with Crippen LogP contribution in [0.3, 0.4) is 0 Å². The van der Waals surface area contributed by atoms with Crippen molar-refractivity contribution >= 4 is 35.7 Å². The van der Waals surface area contributed by atoms with Crippen LogP contribution < -0.4 is 5.73 Å². The topological polar surface area (TPSA) is 100.0 Å². The average Bonchev–Trinajstić information content (AvgIpc) is 3.21. The number of nitrogens with zero attached hydrogens (tertiary/aromatic N) is 5. The van der Waals surface area contributed by atoms with E-state index in [-0.39, 0.29) is 30.5 Å². The Hall–Kier alpha value is -1.74. The molecule has 7 nitrogen and oxygen atoms in total. The summed E-state index contributed by atoms with van der Waals surface area (Å²) in [6.45, 7) is 2.23. The number of β-amino-alcohol motifs (C(OH)–C–C–N with tert-alkyl or cyclic N) is 1. The van der Waals surface area contributed by atoms with Gasteiger partial charge in [-0.3, -0.25) is 4.90 Å². The van der Waals surface area contributed by atoms with E-state index >= 15 is 0 Å². The molecule has 0 radical (unpaired) electrons. The Balaban J connectivity index is 0.00000210. The maximum Gasteiger partial charge on any atom is 0.155 e. The van der Waals surface area contributed by atoms with Crippen LogP contribution in [0.5, 0.6) is 0 Å². The minimum Gasteiger partial charge on any atom is -0.391 e. The second-order valence-corrected chi connectivity index (χ2v) is 7.80. The summed E-state index contributed by atoms with van der Waals surface area (Å²) in [7, 11) is 0. The number of nitrogens with two attached hydrogens (primary N) is 1. The number of azo groups is 1. The molecule has 3 heterocycles. The Bertz CT molecular complexity index is 793. The zero-order valence-corrected chi connectivity index (χ0v) is 16.4. The van der Waals surface area contributed by atoms with Crippen molar-refractivity contribution in [2.45, 2.75) is 17.9 Å². The number of aromatic nitrogens is 2. The third-order valence-corrected chi connectivity index (χ3v) is 6.05. The highest BCUT2D eigenvalue weighted by Crippen LogP contribution is 2.38. The minimum absolute atomic E-state index is 0. The van der Waals surface area contributed by atoms with E-state index in [1.54, 1.807) is 0 Å². The molecule has 0 aliphatic carbocycles. The largest absolute Gasteiger partial charge is 0.391 e. The van der Waals surface area contributed by atoms with Gasteiger partial charge in [0.2, 0.25) is 0 Å². The third-order valence-electron chi connectivity index (χ3n) is 4.85. The zero-order valence-electron chi connectivity index (χ0n) is 14.8. The van der Waals surface area contributed by atoms with Gasteiger partial charge in [-0.15, -0.1) is 17.5 Å². The molecule has 3 atom stereocenters. The summed E-state index contributed by atoms with van der Waals surface area (Å²) in [5.41, 5.74) is 8.53. The van der Waals surface area contributed by atoms with Crippen LogP contribution in [-0.2, 0) is 5.75 Å². The highest BCUT2D eigenvalue weighted by atomic mass is 35.5. The zero-order chi connectivity index (χ0) is 17.9. The number of thioether (sulfide) groups is 1. The molecule has 0 saturated carbocycles. The summed E-state index contributed by atoms with van der Waals surface area (Å²) in [4.78, 5) is 10.5. The standard InChI is InChI=1S/C18H22N6OS.ClH/c19-18-17-16(20-11-21-18)14(22-23-17)7-24-6-13(15(25)8-24)10-26-9-12-4-2-1-3-5-12;/h1-5,11,13-15,25H,6-10H2,(H2,19,20,21);1H/t13-,14?,15+;/m1./s1. The minimum atomic E-state index is -0.299. The highest BCUT2D eigenvalue weighted by Gasteiger charge is 2.34. The normalized spacial score (nSPS) is 24.0. The van der Waals surface area contributed by atoms with Crippen molar-refractivity contribution in [3.63, 3.8) is 0 Å². The molecule has 3 N–H and O–H groups in total. The molecule has 1 unspecified atom stereocenters. The van der Waals surface area contributed by atoms with E-state index in [2.05, 4.69) is 49.4 Å². The van der Waals surface area contributed by atoms with Gasteiger partial charge in [-0.2, -0.15) is 16.9 Å². The van der Waals surface area contributed by atoms with Crippen LogP contribution in [0.2, 0.25) is 0 Å². The number of rotatable bonds is 6. The molecule has 2 aromatic rings. The lowest BCUT2D eigenvalue weighted by molar-refractivity contribution is 0.149. The number of anilines is 1. The maximum absolute atomic E-state index is 10.4. The van der Waals surface area contributed by atoms with Crippen LogP contribution in [0.4, 0.5) is 11.5 Å². The molecular formula is C18H23ClN6OS. The Morgan fingerprint density at radius 1 is 1.19 bits per heavy atom. The summed E-state index contributed by atoms with van der Waals surface area (Å²) >= 11 is 1.88. The molecule has 2 aliphatic rings. The van der Waals surface area contributed by atoms with E-state index in [1.807, 2.05) is 17.8 Å². The molecule has 1 aromatic heterocycles. The van der Waals surface area contributed by atoms with Crippen molar-refractivity contribution in [2.24, 2.45) is 16.1 Å². The van der Waals surface area contributed by atoms with Gasteiger partial charge < -0.3 is 10.8 Å².